The number of hydrogen-bond donors (Lipinski definition) is 1. The number of nitrogens with zero attached hydrogens (tertiary/aromatic N) is 2. The molecule has 1 amide bonds. The maximum atomic E-state index is 13.3. The van der Waals surface area contributed by atoms with Gasteiger partial charge in [-0.1, -0.05) is 36.4 Å². The monoisotopic (exact) mass is 373 g/mol. The molecular weight excluding hydrogens is 348 g/mol. The number of piperazine rings is 1. The summed E-state index contributed by atoms with van der Waals surface area (Å²) in [5.74, 6) is -1.89. The Labute approximate surface area is 158 Å². The minimum Gasteiger partial charge on any atom is -0.348 e. The molecule has 2 aromatic carbocycles. The number of benzene rings is 2. The molecule has 0 bridgehead atoms. The number of hydrogen-bond acceptors (Lipinski definition) is 3. The van der Waals surface area contributed by atoms with E-state index in [2.05, 4.69) is 27.2 Å². The molecule has 0 spiro atoms. The smallest absolute Gasteiger partial charge is 0.234 e. The fourth-order valence-electron chi connectivity index (χ4n) is 3.30. The number of nitrogens with one attached hydrogen (secondary N) is 1. The van der Waals surface area contributed by atoms with Crippen molar-refractivity contribution in [3.8, 4) is 0 Å². The lowest BCUT2D eigenvalue weighted by atomic mass is 10.1. The molecule has 1 aliphatic rings. The third-order valence-electron chi connectivity index (χ3n) is 4.90. The molecule has 0 aromatic heterocycles. The summed E-state index contributed by atoms with van der Waals surface area (Å²) in [6.45, 7) is 6.50. The third kappa shape index (κ3) is 5.58. The summed E-state index contributed by atoms with van der Waals surface area (Å²) in [7, 11) is 0. The molecule has 4 nitrogen and oxygen atoms in total. The second-order valence-electron chi connectivity index (χ2n) is 7.00. The SMILES string of the molecule is C[C@H](NC(=O)CN1CCN(Cc2ccccc2)CC1)c1ccc(F)c(F)c1. The van der Waals surface area contributed by atoms with Crippen LogP contribution in [0.15, 0.2) is 48.5 Å². The fraction of sp³-hybridized carbons (Fsp3) is 0.381. The molecule has 1 N–H and O–H groups in total. The largest absolute Gasteiger partial charge is 0.348 e. The summed E-state index contributed by atoms with van der Waals surface area (Å²) in [6.07, 6.45) is 0. The van der Waals surface area contributed by atoms with E-state index < -0.39 is 11.6 Å². The summed E-state index contributed by atoms with van der Waals surface area (Å²) < 4.78 is 26.4. The van der Waals surface area contributed by atoms with Crippen molar-refractivity contribution in [3.05, 3.63) is 71.3 Å². The normalized spacial score (nSPS) is 16.9. The Morgan fingerprint density at radius 2 is 1.67 bits per heavy atom. The lowest BCUT2D eigenvalue weighted by molar-refractivity contribution is -0.123. The summed E-state index contributed by atoms with van der Waals surface area (Å²) in [5, 5.41) is 2.86. The van der Waals surface area contributed by atoms with Gasteiger partial charge in [-0.2, -0.15) is 0 Å². The van der Waals surface area contributed by atoms with Gasteiger partial charge in [-0.15, -0.1) is 0 Å². The summed E-state index contributed by atoms with van der Waals surface area (Å²) >= 11 is 0. The molecule has 3 rings (SSSR count). The first kappa shape index (κ1) is 19.5. The van der Waals surface area contributed by atoms with E-state index in [1.165, 1.54) is 11.6 Å². The van der Waals surface area contributed by atoms with Crippen LogP contribution in [0.1, 0.15) is 24.1 Å². The van der Waals surface area contributed by atoms with E-state index in [-0.39, 0.29) is 11.9 Å². The highest BCUT2D eigenvalue weighted by Gasteiger charge is 2.20. The molecule has 0 unspecified atom stereocenters. The van der Waals surface area contributed by atoms with Crippen LogP contribution in [0.5, 0.6) is 0 Å². The van der Waals surface area contributed by atoms with Crippen molar-refractivity contribution in [2.45, 2.75) is 19.5 Å². The molecule has 2 aromatic rings. The lowest BCUT2D eigenvalue weighted by Gasteiger charge is -2.34. The average Bonchev–Trinajstić information content (AvgIpc) is 2.66. The zero-order valence-corrected chi connectivity index (χ0v) is 15.5. The predicted octanol–water partition coefficient (Wildman–Crippen LogP) is 2.96. The summed E-state index contributed by atoms with van der Waals surface area (Å²) in [4.78, 5) is 16.8. The molecule has 1 heterocycles. The van der Waals surface area contributed by atoms with Crippen LogP contribution < -0.4 is 5.32 Å². The molecule has 1 atom stereocenters. The molecule has 1 fully saturated rings. The van der Waals surface area contributed by atoms with Crippen molar-refractivity contribution >= 4 is 5.91 Å². The van der Waals surface area contributed by atoms with E-state index in [0.29, 0.717) is 12.1 Å². The van der Waals surface area contributed by atoms with Crippen LogP contribution in [0.3, 0.4) is 0 Å². The van der Waals surface area contributed by atoms with E-state index in [1.807, 2.05) is 18.2 Å². The van der Waals surface area contributed by atoms with Gasteiger partial charge in [0.1, 0.15) is 0 Å². The van der Waals surface area contributed by atoms with Gasteiger partial charge in [-0.05, 0) is 30.2 Å². The van der Waals surface area contributed by atoms with E-state index in [9.17, 15) is 13.6 Å². The highest BCUT2D eigenvalue weighted by molar-refractivity contribution is 5.78. The first-order chi connectivity index (χ1) is 13.0. The second-order valence-corrected chi connectivity index (χ2v) is 7.00. The van der Waals surface area contributed by atoms with Crippen LogP contribution in [0.4, 0.5) is 8.78 Å². The third-order valence-corrected chi connectivity index (χ3v) is 4.90. The lowest BCUT2D eigenvalue weighted by Crippen LogP contribution is -2.49. The average molecular weight is 373 g/mol. The zero-order chi connectivity index (χ0) is 19.2. The van der Waals surface area contributed by atoms with Crippen LogP contribution >= 0.6 is 0 Å². The molecule has 0 aliphatic carbocycles. The van der Waals surface area contributed by atoms with Crippen molar-refractivity contribution < 1.29 is 13.6 Å². The van der Waals surface area contributed by atoms with Crippen LogP contribution in [0.25, 0.3) is 0 Å². The number of rotatable bonds is 6. The standard InChI is InChI=1S/C21H25F2N3O/c1-16(18-7-8-19(22)20(23)13-18)24-21(27)15-26-11-9-25(10-12-26)14-17-5-3-2-4-6-17/h2-8,13,16H,9-12,14-15H2,1H3,(H,24,27)/t16-/m0/s1. The topological polar surface area (TPSA) is 35.6 Å². The van der Waals surface area contributed by atoms with Gasteiger partial charge in [-0.25, -0.2) is 8.78 Å². The minimum absolute atomic E-state index is 0.108. The predicted molar refractivity (Wildman–Crippen MR) is 101 cm³/mol. The highest BCUT2D eigenvalue weighted by atomic mass is 19.2. The number of amides is 1. The van der Waals surface area contributed by atoms with E-state index in [4.69, 9.17) is 0 Å². The molecular formula is C21H25F2N3O. The summed E-state index contributed by atoms with van der Waals surface area (Å²) in [5.41, 5.74) is 1.85. The van der Waals surface area contributed by atoms with Gasteiger partial charge in [0, 0.05) is 32.7 Å². The zero-order valence-electron chi connectivity index (χ0n) is 15.5. The quantitative estimate of drug-likeness (QED) is 0.846. The van der Waals surface area contributed by atoms with Crippen molar-refractivity contribution in [1.29, 1.82) is 0 Å². The van der Waals surface area contributed by atoms with Gasteiger partial charge in [0.05, 0.1) is 12.6 Å². The molecule has 0 radical (unpaired) electrons. The molecule has 6 heteroatoms. The van der Waals surface area contributed by atoms with Gasteiger partial charge in [0.2, 0.25) is 5.91 Å². The Balaban J connectivity index is 1.43. The van der Waals surface area contributed by atoms with Crippen LogP contribution in [-0.4, -0.2) is 48.4 Å². The molecule has 1 saturated heterocycles. The fourth-order valence-corrected chi connectivity index (χ4v) is 3.30. The van der Waals surface area contributed by atoms with Gasteiger partial charge < -0.3 is 5.32 Å². The van der Waals surface area contributed by atoms with Crippen molar-refractivity contribution in [3.63, 3.8) is 0 Å². The van der Waals surface area contributed by atoms with Gasteiger partial charge >= 0.3 is 0 Å². The van der Waals surface area contributed by atoms with E-state index in [0.717, 1.165) is 44.9 Å². The Bertz CT molecular complexity index is 761. The van der Waals surface area contributed by atoms with Crippen molar-refractivity contribution in [2.75, 3.05) is 32.7 Å². The first-order valence-electron chi connectivity index (χ1n) is 9.24. The second kappa shape index (κ2) is 9.06. The minimum atomic E-state index is -0.900. The van der Waals surface area contributed by atoms with E-state index in [1.54, 1.807) is 6.92 Å². The van der Waals surface area contributed by atoms with Crippen molar-refractivity contribution in [1.82, 2.24) is 15.1 Å². The van der Waals surface area contributed by atoms with Crippen molar-refractivity contribution in [2.24, 2.45) is 0 Å². The highest BCUT2D eigenvalue weighted by Crippen LogP contribution is 2.16. The maximum absolute atomic E-state index is 13.3. The maximum Gasteiger partial charge on any atom is 0.234 e. The summed E-state index contributed by atoms with van der Waals surface area (Å²) in [6, 6.07) is 13.7. The Morgan fingerprint density at radius 1 is 1.00 bits per heavy atom. The van der Waals surface area contributed by atoms with Gasteiger partial charge in [-0.3, -0.25) is 14.6 Å². The Morgan fingerprint density at radius 3 is 2.33 bits per heavy atom. The molecule has 27 heavy (non-hydrogen) atoms. The van der Waals surface area contributed by atoms with Crippen LogP contribution in [0, 0.1) is 11.6 Å². The van der Waals surface area contributed by atoms with Gasteiger partial charge in [0.15, 0.2) is 11.6 Å². The first-order valence-corrected chi connectivity index (χ1v) is 9.24. The molecule has 0 saturated carbocycles. The molecule has 144 valence electrons. The molecule has 1 aliphatic heterocycles. The van der Waals surface area contributed by atoms with Crippen LogP contribution in [0.2, 0.25) is 0 Å². The number of carbonyl (C=O) groups is 1. The Hall–Kier alpha value is -2.31. The van der Waals surface area contributed by atoms with Crippen LogP contribution in [-0.2, 0) is 11.3 Å². The Kier molecular flexibility index (Phi) is 6.53. The number of carbonyl (C=O) groups excluding carboxylic acids is 1. The number of halogens is 2. The van der Waals surface area contributed by atoms with E-state index >= 15 is 0 Å². The van der Waals surface area contributed by atoms with Gasteiger partial charge in [0.25, 0.3) is 0 Å².